The Morgan fingerprint density at radius 3 is 2.80 bits per heavy atom. The molecule has 0 unspecified atom stereocenters. The minimum absolute atomic E-state index is 0.306. The van der Waals surface area contributed by atoms with Gasteiger partial charge in [-0.3, -0.25) is 9.48 Å². The van der Waals surface area contributed by atoms with Crippen molar-refractivity contribution in [2.75, 3.05) is 0 Å². The van der Waals surface area contributed by atoms with Gasteiger partial charge in [-0.05, 0) is 41.5 Å². The third-order valence-corrected chi connectivity index (χ3v) is 4.12. The summed E-state index contributed by atoms with van der Waals surface area (Å²) in [5.74, 6) is -0.368. The van der Waals surface area contributed by atoms with Gasteiger partial charge in [0, 0.05) is 15.7 Å². The van der Waals surface area contributed by atoms with Crippen LogP contribution in [0.15, 0.2) is 70.4 Å². The average Bonchev–Trinajstić information content (AvgIpc) is 3.06. The van der Waals surface area contributed by atoms with Crippen LogP contribution in [0, 0.1) is 0 Å². The number of aromatic nitrogens is 2. The molecule has 1 heterocycles. The highest BCUT2D eigenvalue weighted by molar-refractivity contribution is 9.10. The van der Waals surface area contributed by atoms with E-state index in [9.17, 15) is 4.79 Å². The summed E-state index contributed by atoms with van der Waals surface area (Å²) in [6.07, 6.45) is 3.29. The minimum atomic E-state index is -0.368. The first-order valence-electron chi connectivity index (χ1n) is 7.47. The summed E-state index contributed by atoms with van der Waals surface area (Å²) in [5.41, 5.74) is 4.66. The van der Waals surface area contributed by atoms with Gasteiger partial charge in [-0.25, -0.2) is 5.43 Å². The smallest absolute Gasteiger partial charge is 0.268 e. The van der Waals surface area contributed by atoms with Crippen LogP contribution in [0.3, 0.4) is 0 Å². The van der Waals surface area contributed by atoms with Crippen molar-refractivity contribution in [3.63, 3.8) is 0 Å². The van der Waals surface area contributed by atoms with Crippen molar-refractivity contribution in [1.82, 2.24) is 15.2 Å². The number of benzene rings is 2. The maximum absolute atomic E-state index is 12.1. The van der Waals surface area contributed by atoms with E-state index in [1.807, 2.05) is 36.4 Å². The maximum atomic E-state index is 12.1. The van der Waals surface area contributed by atoms with Crippen LogP contribution in [0.25, 0.3) is 0 Å². The Balaban J connectivity index is 1.59. The quantitative estimate of drug-likeness (QED) is 0.502. The third-order valence-electron chi connectivity index (χ3n) is 3.36. The summed E-state index contributed by atoms with van der Waals surface area (Å²) in [7, 11) is 0. The maximum Gasteiger partial charge on any atom is 0.291 e. The number of hydrogen-bond donors (Lipinski definition) is 1. The van der Waals surface area contributed by atoms with Gasteiger partial charge in [-0.2, -0.15) is 10.2 Å². The first kappa shape index (κ1) is 17.4. The van der Waals surface area contributed by atoms with Crippen molar-refractivity contribution in [3.05, 3.63) is 87.1 Å². The van der Waals surface area contributed by atoms with Gasteiger partial charge in [-0.1, -0.05) is 51.8 Å². The van der Waals surface area contributed by atoms with Crippen LogP contribution >= 0.6 is 27.5 Å². The van der Waals surface area contributed by atoms with Crippen LogP contribution < -0.4 is 5.43 Å². The molecule has 7 heteroatoms. The molecule has 1 N–H and O–H groups in total. The van der Waals surface area contributed by atoms with Gasteiger partial charge in [0.1, 0.15) is 0 Å². The highest BCUT2D eigenvalue weighted by atomic mass is 79.9. The molecular weight excluding hydrogens is 404 g/mol. The fourth-order valence-electron chi connectivity index (χ4n) is 2.16. The van der Waals surface area contributed by atoms with Gasteiger partial charge >= 0.3 is 0 Å². The van der Waals surface area contributed by atoms with Gasteiger partial charge in [0.2, 0.25) is 0 Å². The van der Waals surface area contributed by atoms with Crippen LogP contribution in [-0.2, 0) is 6.54 Å². The van der Waals surface area contributed by atoms with E-state index in [2.05, 4.69) is 31.6 Å². The monoisotopic (exact) mass is 416 g/mol. The summed E-state index contributed by atoms with van der Waals surface area (Å²) in [6, 6.07) is 16.8. The number of carbonyl (C=O) groups is 1. The van der Waals surface area contributed by atoms with Crippen molar-refractivity contribution < 1.29 is 4.79 Å². The molecule has 0 aliphatic carbocycles. The minimum Gasteiger partial charge on any atom is -0.268 e. The molecule has 3 rings (SSSR count). The molecule has 0 bridgehead atoms. The van der Waals surface area contributed by atoms with E-state index in [4.69, 9.17) is 11.6 Å². The number of amides is 1. The molecule has 25 heavy (non-hydrogen) atoms. The second-order valence-corrected chi connectivity index (χ2v) is 6.63. The summed E-state index contributed by atoms with van der Waals surface area (Å²) in [5, 5.41) is 8.80. The zero-order chi connectivity index (χ0) is 17.6. The molecule has 0 saturated carbocycles. The van der Waals surface area contributed by atoms with Crippen molar-refractivity contribution >= 4 is 39.7 Å². The number of rotatable bonds is 5. The first-order valence-corrected chi connectivity index (χ1v) is 8.64. The van der Waals surface area contributed by atoms with Crippen molar-refractivity contribution in [1.29, 1.82) is 0 Å². The molecular formula is C18H14BrClN4O. The molecule has 0 radical (unpaired) electrons. The Bertz CT molecular complexity index is 905. The molecule has 0 fully saturated rings. The molecule has 0 spiro atoms. The Labute approximate surface area is 158 Å². The zero-order valence-electron chi connectivity index (χ0n) is 13.1. The standard InChI is InChI=1S/C18H14BrClN4O/c19-15-6-4-13(5-7-15)12-24-9-8-17(23-24)18(25)22-21-11-14-2-1-3-16(20)10-14/h1-11H,12H2,(H,22,25). The molecule has 0 aliphatic rings. The summed E-state index contributed by atoms with van der Waals surface area (Å²) in [4.78, 5) is 12.1. The second kappa shape index (κ2) is 8.09. The number of nitrogens with zero attached hydrogens (tertiary/aromatic N) is 3. The predicted molar refractivity (Wildman–Crippen MR) is 102 cm³/mol. The van der Waals surface area contributed by atoms with E-state index < -0.39 is 0 Å². The lowest BCUT2D eigenvalue weighted by atomic mass is 10.2. The molecule has 1 amide bonds. The number of hydrogen-bond acceptors (Lipinski definition) is 3. The largest absolute Gasteiger partial charge is 0.291 e. The SMILES string of the molecule is O=C(NN=Cc1cccc(Cl)c1)c1ccn(Cc2ccc(Br)cc2)n1. The van der Waals surface area contributed by atoms with Crippen LogP contribution in [0.5, 0.6) is 0 Å². The summed E-state index contributed by atoms with van der Waals surface area (Å²) in [6.45, 7) is 0.590. The van der Waals surface area contributed by atoms with Gasteiger partial charge in [0.15, 0.2) is 5.69 Å². The fraction of sp³-hybridized carbons (Fsp3) is 0.0556. The molecule has 126 valence electrons. The molecule has 0 aliphatic heterocycles. The van der Waals surface area contributed by atoms with E-state index in [1.54, 1.807) is 29.1 Å². The van der Waals surface area contributed by atoms with Crippen molar-refractivity contribution in [2.24, 2.45) is 5.10 Å². The Kier molecular flexibility index (Phi) is 5.63. The van der Waals surface area contributed by atoms with Crippen molar-refractivity contribution in [2.45, 2.75) is 6.54 Å². The third kappa shape index (κ3) is 5.01. The van der Waals surface area contributed by atoms with Crippen LogP contribution in [0.4, 0.5) is 0 Å². The highest BCUT2D eigenvalue weighted by Gasteiger charge is 2.08. The van der Waals surface area contributed by atoms with Crippen LogP contribution in [-0.4, -0.2) is 21.9 Å². The lowest BCUT2D eigenvalue weighted by Crippen LogP contribution is -2.18. The first-order chi connectivity index (χ1) is 12.1. The Morgan fingerprint density at radius 1 is 1.24 bits per heavy atom. The molecule has 3 aromatic rings. The lowest BCUT2D eigenvalue weighted by molar-refractivity contribution is 0.0949. The molecule has 1 aromatic heterocycles. The number of hydrazone groups is 1. The molecule has 5 nitrogen and oxygen atoms in total. The Hall–Kier alpha value is -2.44. The molecule has 0 atom stereocenters. The topological polar surface area (TPSA) is 59.3 Å². The number of nitrogens with one attached hydrogen (secondary N) is 1. The Morgan fingerprint density at radius 2 is 2.04 bits per heavy atom. The van der Waals surface area contributed by atoms with E-state index >= 15 is 0 Å². The summed E-state index contributed by atoms with van der Waals surface area (Å²) >= 11 is 9.30. The normalized spacial score (nSPS) is 11.0. The fourth-order valence-corrected chi connectivity index (χ4v) is 2.62. The zero-order valence-corrected chi connectivity index (χ0v) is 15.4. The molecule has 2 aromatic carbocycles. The second-order valence-electron chi connectivity index (χ2n) is 5.28. The average molecular weight is 418 g/mol. The van der Waals surface area contributed by atoms with Gasteiger partial charge < -0.3 is 0 Å². The van der Waals surface area contributed by atoms with Crippen molar-refractivity contribution in [3.8, 4) is 0 Å². The van der Waals surface area contributed by atoms with E-state index in [1.165, 1.54) is 6.21 Å². The van der Waals surface area contributed by atoms with Gasteiger partial charge in [-0.15, -0.1) is 0 Å². The van der Waals surface area contributed by atoms with Crippen LogP contribution in [0.1, 0.15) is 21.6 Å². The highest BCUT2D eigenvalue weighted by Crippen LogP contribution is 2.11. The van der Waals surface area contributed by atoms with Crippen LogP contribution in [0.2, 0.25) is 5.02 Å². The van der Waals surface area contributed by atoms with E-state index in [0.717, 1.165) is 15.6 Å². The van der Waals surface area contributed by atoms with E-state index in [0.29, 0.717) is 17.3 Å². The van der Waals surface area contributed by atoms with E-state index in [-0.39, 0.29) is 5.91 Å². The lowest BCUT2D eigenvalue weighted by Gasteiger charge is -2.02. The van der Waals surface area contributed by atoms with Gasteiger partial charge in [0.05, 0.1) is 12.8 Å². The van der Waals surface area contributed by atoms with Gasteiger partial charge in [0.25, 0.3) is 5.91 Å². The summed E-state index contributed by atoms with van der Waals surface area (Å²) < 4.78 is 2.73. The number of carbonyl (C=O) groups excluding carboxylic acids is 1. The number of halogens is 2. The predicted octanol–water partition coefficient (Wildman–Crippen LogP) is 4.11. The molecule has 0 saturated heterocycles.